The Morgan fingerprint density at radius 3 is 2.39 bits per heavy atom. The maximum absolute atomic E-state index is 13.2. The van der Waals surface area contributed by atoms with Crippen molar-refractivity contribution in [1.29, 1.82) is 0 Å². The lowest BCUT2D eigenvalue weighted by Crippen LogP contribution is -2.46. The molecule has 5 nitrogen and oxygen atoms in total. The van der Waals surface area contributed by atoms with E-state index in [0.29, 0.717) is 12.1 Å². The molecule has 128 valence electrons. The van der Waals surface area contributed by atoms with Crippen LogP contribution in [0.15, 0.2) is 18.2 Å². The third-order valence-electron chi connectivity index (χ3n) is 2.80. The van der Waals surface area contributed by atoms with Crippen molar-refractivity contribution >= 4 is 11.9 Å². The van der Waals surface area contributed by atoms with Crippen LogP contribution < -0.4 is 5.43 Å². The number of carboxylic acid groups (broad SMARTS) is 1. The van der Waals surface area contributed by atoms with Crippen molar-refractivity contribution < 1.29 is 32.3 Å². The zero-order valence-corrected chi connectivity index (χ0v) is 12.4. The quantitative estimate of drug-likeness (QED) is 0.476. The Labute approximate surface area is 129 Å². The van der Waals surface area contributed by atoms with Gasteiger partial charge in [-0.3, -0.25) is 4.79 Å². The predicted octanol–water partition coefficient (Wildman–Crippen LogP) is 3.17. The van der Waals surface area contributed by atoms with E-state index in [1.165, 1.54) is 0 Å². The molecular formula is C14H16F4N2O3. The predicted molar refractivity (Wildman–Crippen MR) is 73.3 cm³/mol. The van der Waals surface area contributed by atoms with Gasteiger partial charge in [-0.05, 0) is 24.1 Å². The van der Waals surface area contributed by atoms with E-state index in [1.807, 2.05) is 0 Å². The summed E-state index contributed by atoms with van der Waals surface area (Å²) in [5.74, 6) is -2.28. The number of hydrazine groups is 1. The molecule has 0 aromatic heterocycles. The summed E-state index contributed by atoms with van der Waals surface area (Å²) in [4.78, 5) is 22.8. The topological polar surface area (TPSA) is 69.6 Å². The van der Waals surface area contributed by atoms with Gasteiger partial charge in [0.15, 0.2) is 5.78 Å². The lowest BCUT2D eigenvalue weighted by molar-refractivity contribution is -0.140. The Morgan fingerprint density at radius 2 is 1.91 bits per heavy atom. The van der Waals surface area contributed by atoms with Crippen LogP contribution in [-0.4, -0.2) is 35.1 Å². The molecule has 0 unspecified atom stereocenters. The van der Waals surface area contributed by atoms with Gasteiger partial charge in [-0.2, -0.15) is 13.2 Å². The molecule has 1 aromatic carbocycles. The van der Waals surface area contributed by atoms with Crippen LogP contribution in [0.2, 0.25) is 0 Å². The summed E-state index contributed by atoms with van der Waals surface area (Å²) in [6, 6.07) is 1.88. The van der Waals surface area contributed by atoms with Gasteiger partial charge >= 0.3 is 12.3 Å². The Bertz CT molecular complexity index is 588. The molecule has 0 aliphatic heterocycles. The van der Waals surface area contributed by atoms with Crippen molar-refractivity contribution in [1.82, 2.24) is 10.4 Å². The average Bonchev–Trinajstić information content (AvgIpc) is 2.41. The van der Waals surface area contributed by atoms with Gasteiger partial charge in [0, 0.05) is 12.1 Å². The summed E-state index contributed by atoms with van der Waals surface area (Å²) in [5, 5.41) is 9.72. The van der Waals surface area contributed by atoms with Crippen molar-refractivity contribution in [3.05, 3.63) is 35.1 Å². The number of ketones is 1. The molecule has 0 aliphatic carbocycles. The molecule has 0 saturated heterocycles. The van der Waals surface area contributed by atoms with Gasteiger partial charge in [-0.1, -0.05) is 13.8 Å². The summed E-state index contributed by atoms with van der Waals surface area (Å²) < 4.78 is 51.0. The van der Waals surface area contributed by atoms with E-state index < -0.39 is 36.0 Å². The number of hydrogen-bond donors (Lipinski definition) is 2. The number of Topliss-reactive ketones (excluding diaryl/α,β-unsaturated/α-hetero) is 1. The van der Waals surface area contributed by atoms with Crippen LogP contribution in [-0.2, 0) is 6.18 Å². The van der Waals surface area contributed by atoms with E-state index in [0.717, 1.165) is 11.1 Å². The third kappa shape index (κ3) is 5.51. The lowest BCUT2D eigenvalue weighted by atomic mass is 10.1. The first kappa shape index (κ1) is 18.9. The molecule has 1 amide bonds. The number of carbonyl (C=O) groups excluding carboxylic acids is 1. The number of carbonyl (C=O) groups is 2. The van der Waals surface area contributed by atoms with Gasteiger partial charge in [-0.15, -0.1) is 0 Å². The summed E-state index contributed by atoms with van der Waals surface area (Å²) in [5.41, 5.74) is 0.430. The number of nitrogens with one attached hydrogen (secondary N) is 1. The van der Waals surface area contributed by atoms with E-state index >= 15 is 0 Å². The highest BCUT2D eigenvalue weighted by atomic mass is 19.4. The third-order valence-corrected chi connectivity index (χ3v) is 2.80. The van der Waals surface area contributed by atoms with Crippen molar-refractivity contribution in [3.63, 3.8) is 0 Å². The number of hydrogen-bond acceptors (Lipinski definition) is 3. The Kier molecular flexibility index (Phi) is 6.08. The van der Waals surface area contributed by atoms with Gasteiger partial charge in [0.25, 0.3) is 0 Å². The summed E-state index contributed by atoms with van der Waals surface area (Å²) in [6.45, 7) is 3.09. The fourth-order valence-electron chi connectivity index (χ4n) is 1.76. The monoisotopic (exact) mass is 336 g/mol. The van der Waals surface area contributed by atoms with Crippen LogP contribution in [0.5, 0.6) is 0 Å². The smallest absolute Gasteiger partial charge is 0.421 e. The minimum atomic E-state index is -4.92. The molecule has 2 N–H and O–H groups in total. The number of rotatable bonds is 6. The fourth-order valence-corrected chi connectivity index (χ4v) is 1.76. The lowest BCUT2D eigenvalue weighted by Gasteiger charge is -2.21. The number of benzene rings is 1. The van der Waals surface area contributed by atoms with E-state index in [2.05, 4.69) is 5.43 Å². The van der Waals surface area contributed by atoms with Crippen LogP contribution >= 0.6 is 0 Å². The molecule has 0 saturated carbocycles. The second-order valence-corrected chi connectivity index (χ2v) is 5.24. The molecule has 9 heteroatoms. The molecule has 0 atom stereocenters. The van der Waals surface area contributed by atoms with Gasteiger partial charge in [0.05, 0.1) is 12.1 Å². The standard InChI is InChI=1S/C14H16F4N2O3/c1-8(2)7-20(13(22)23)19-6-12(21)9-3-4-11(15)10(5-9)14(16,17)18/h3-5,8,19H,6-7H2,1-2H3,(H,22,23). The second kappa shape index (κ2) is 7.40. The van der Waals surface area contributed by atoms with Crippen molar-refractivity contribution in [2.45, 2.75) is 20.0 Å². The van der Waals surface area contributed by atoms with Crippen LogP contribution in [0.4, 0.5) is 22.4 Å². The summed E-state index contributed by atoms with van der Waals surface area (Å²) >= 11 is 0. The maximum atomic E-state index is 13.2. The normalized spacial score (nSPS) is 11.6. The molecule has 0 aliphatic rings. The molecule has 0 fully saturated rings. The number of alkyl halides is 3. The first-order valence-corrected chi connectivity index (χ1v) is 6.66. The van der Waals surface area contributed by atoms with E-state index in [9.17, 15) is 27.2 Å². The van der Waals surface area contributed by atoms with E-state index in [4.69, 9.17) is 5.11 Å². The van der Waals surface area contributed by atoms with Crippen molar-refractivity contribution in [2.24, 2.45) is 5.92 Å². The summed E-state index contributed by atoms with van der Waals surface area (Å²) in [6.07, 6.45) is -6.24. The van der Waals surface area contributed by atoms with E-state index in [-0.39, 0.29) is 18.0 Å². The van der Waals surface area contributed by atoms with Gasteiger partial charge in [-0.25, -0.2) is 19.6 Å². The molecule has 1 rings (SSSR count). The largest absolute Gasteiger partial charge is 0.464 e. The first-order chi connectivity index (χ1) is 10.5. The highest BCUT2D eigenvalue weighted by molar-refractivity contribution is 5.97. The minimum absolute atomic E-state index is 0.0173. The SMILES string of the molecule is CC(C)CN(NCC(=O)c1ccc(F)c(C(F)(F)F)c1)C(=O)O. The molecule has 0 radical (unpaired) electrons. The van der Waals surface area contributed by atoms with Crippen LogP contribution in [0.1, 0.15) is 29.8 Å². The molecule has 23 heavy (non-hydrogen) atoms. The van der Waals surface area contributed by atoms with E-state index in [1.54, 1.807) is 13.8 Å². The number of amides is 1. The first-order valence-electron chi connectivity index (χ1n) is 6.66. The fraction of sp³-hybridized carbons (Fsp3) is 0.429. The van der Waals surface area contributed by atoms with Gasteiger partial charge in [0.1, 0.15) is 5.82 Å². The molecule has 0 heterocycles. The highest BCUT2D eigenvalue weighted by Gasteiger charge is 2.34. The van der Waals surface area contributed by atoms with Crippen LogP contribution in [0.3, 0.4) is 0 Å². The Balaban J connectivity index is 2.84. The van der Waals surface area contributed by atoms with Crippen LogP contribution in [0.25, 0.3) is 0 Å². The summed E-state index contributed by atoms with van der Waals surface area (Å²) in [7, 11) is 0. The minimum Gasteiger partial charge on any atom is -0.464 e. The van der Waals surface area contributed by atoms with Crippen molar-refractivity contribution in [2.75, 3.05) is 13.1 Å². The van der Waals surface area contributed by atoms with Gasteiger partial charge < -0.3 is 5.11 Å². The maximum Gasteiger partial charge on any atom is 0.421 e. The second-order valence-electron chi connectivity index (χ2n) is 5.24. The molecule has 1 aromatic rings. The highest BCUT2D eigenvalue weighted by Crippen LogP contribution is 2.31. The van der Waals surface area contributed by atoms with Crippen molar-refractivity contribution in [3.8, 4) is 0 Å². The number of nitrogens with zero attached hydrogens (tertiary/aromatic N) is 1. The zero-order chi connectivity index (χ0) is 17.8. The van der Waals surface area contributed by atoms with Gasteiger partial charge in [0.2, 0.25) is 0 Å². The Morgan fingerprint density at radius 1 is 1.30 bits per heavy atom. The molecule has 0 spiro atoms. The Hall–Kier alpha value is -2.16. The molecule has 0 bridgehead atoms. The zero-order valence-electron chi connectivity index (χ0n) is 12.4. The molecular weight excluding hydrogens is 320 g/mol. The van der Waals surface area contributed by atoms with Crippen LogP contribution in [0, 0.1) is 11.7 Å². The average molecular weight is 336 g/mol. The number of halogens is 4.